The van der Waals surface area contributed by atoms with E-state index < -0.39 is 0 Å². The van der Waals surface area contributed by atoms with Gasteiger partial charge in [-0.25, -0.2) is 9.97 Å². The minimum atomic E-state index is -0.152. The van der Waals surface area contributed by atoms with Gasteiger partial charge in [0.25, 0.3) is 0 Å². The number of halogens is 1. The summed E-state index contributed by atoms with van der Waals surface area (Å²) >= 11 is 5.98. The minimum absolute atomic E-state index is 0.152. The van der Waals surface area contributed by atoms with Crippen LogP contribution in [-0.2, 0) is 11.2 Å². The molecule has 0 fully saturated rings. The normalized spacial score (nSPS) is 11.8. The van der Waals surface area contributed by atoms with E-state index in [0.29, 0.717) is 23.6 Å². The molecule has 0 bridgehead atoms. The van der Waals surface area contributed by atoms with Gasteiger partial charge >= 0.3 is 0 Å². The summed E-state index contributed by atoms with van der Waals surface area (Å²) in [6, 6.07) is 5.11. The molecule has 19 heavy (non-hydrogen) atoms. The number of rotatable bonds is 4. The number of carbonyl (C=O) groups is 1. The lowest BCUT2D eigenvalue weighted by atomic mass is 10.1. The molecule has 0 amide bonds. The molecule has 0 aliphatic heterocycles. The lowest BCUT2D eigenvalue weighted by Gasteiger charge is -2.00. The van der Waals surface area contributed by atoms with Crippen LogP contribution in [-0.4, -0.2) is 16.3 Å². The van der Waals surface area contributed by atoms with Crippen molar-refractivity contribution in [1.29, 1.82) is 5.26 Å². The Labute approximate surface area is 114 Å². The second-order valence-electron chi connectivity index (χ2n) is 4.08. The SMILES string of the molecule is CC(C=O)Cc1ncc(-c2ccc(C#N)nc2Cl)o1. The van der Waals surface area contributed by atoms with Crippen molar-refractivity contribution in [2.45, 2.75) is 13.3 Å². The summed E-state index contributed by atoms with van der Waals surface area (Å²) in [6.07, 6.45) is 2.81. The van der Waals surface area contributed by atoms with Crippen LogP contribution in [0.5, 0.6) is 0 Å². The van der Waals surface area contributed by atoms with Gasteiger partial charge in [-0.05, 0) is 12.1 Å². The number of pyridine rings is 1. The zero-order valence-corrected chi connectivity index (χ0v) is 10.9. The Hall–Kier alpha value is -2.19. The summed E-state index contributed by atoms with van der Waals surface area (Å²) < 4.78 is 5.52. The van der Waals surface area contributed by atoms with E-state index in [1.54, 1.807) is 19.1 Å². The molecule has 0 aromatic carbocycles. The van der Waals surface area contributed by atoms with Crippen molar-refractivity contribution in [3.8, 4) is 17.4 Å². The maximum absolute atomic E-state index is 10.6. The standard InChI is InChI=1S/C13H10ClN3O2/c1-8(7-18)4-12-16-6-11(19-12)10-3-2-9(5-15)17-13(10)14/h2-3,6-8H,4H2,1H3. The quantitative estimate of drug-likeness (QED) is 0.633. The Balaban J connectivity index is 2.28. The highest BCUT2D eigenvalue weighted by Gasteiger charge is 2.13. The molecule has 1 unspecified atom stereocenters. The molecule has 96 valence electrons. The Morgan fingerprint density at radius 2 is 2.37 bits per heavy atom. The largest absolute Gasteiger partial charge is 0.441 e. The second kappa shape index (κ2) is 5.63. The number of hydrogen-bond acceptors (Lipinski definition) is 5. The molecule has 0 N–H and O–H groups in total. The zero-order valence-electron chi connectivity index (χ0n) is 10.1. The van der Waals surface area contributed by atoms with Crippen LogP contribution in [0.15, 0.2) is 22.7 Å². The van der Waals surface area contributed by atoms with E-state index in [2.05, 4.69) is 9.97 Å². The van der Waals surface area contributed by atoms with Crippen molar-refractivity contribution >= 4 is 17.9 Å². The molecule has 0 spiro atoms. The number of nitrogens with zero attached hydrogens (tertiary/aromatic N) is 3. The highest BCUT2D eigenvalue weighted by atomic mass is 35.5. The fourth-order valence-electron chi connectivity index (χ4n) is 1.53. The van der Waals surface area contributed by atoms with Crippen LogP contribution in [0.2, 0.25) is 5.15 Å². The number of aldehydes is 1. The van der Waals surface area contributed by atoms with Gasteiger partial charge < -0.3 is 9.21 Å². The fraction of sp³-hybridized carbons (Fsp3) is 0.231. The summed E-state index contributed by atoms with van der Waals surface area (Å²) in [4.78, 5) is 18.6. The van der Waals surface area contributed by atoms with E-state index >= 15 is 0 Å². The molecule has 2 aromatic heterocycles. The number of aromatic nitrogens is 2. The third-order valence-electron chi connectivity index (χ3n) is 2.51. The Kier molecular flexibility index (Phi) is 3.93. The highest BCUT2D eigenvalue weighted by molar-refractivity contribution is 6.32. The first-order valence-electron chi connectivity index (χ1n) is 5.61. The van der Waals surface area contributed by atoms with Crippen LogP contribution < -0.4 is 0 Å². The van der Waals surface area contributed by atoms with Gasteiger partial charge in [0, 0.05) is 12.3 Å². The summed E-state index contributed by atoms with van der Waals surface area (Å²) in [5.74, 6) is 0.783. The first-order valence-corrected chi connectivity index (χ1v) is 5.99. The van der Waals surface area contributed by atoms with Gasteiger partial charge in [-0.3, -0.25) is 0 Å². The highest BCUT2D eigenvalue weighted by Crippen LogP contribution is 2.27. The number of nitriles is 1. The molecule has 0 aliphatic carbocycles. The van der Waals surface area contributed by atoms with Crippen LogP contribution in [0.4, 0.5) is 0 Å². The van der Waals surface area contributed by atoms with Crippen LogP contribution >= 0.6 is 11.6 Å². The zero-order chi connectivity index (χ0) is 13.8. The molecule has 0 saturated heterocycles. The maximum atomic E-state index is 10.6. The van der Waals surface area contributed by atoms with Gasteiger partial charge in [-0.2, -0.15) is 5.26 Å². The first kappa shape index (κ1) is 13.2. The third-order valence-corrected chi connectivity index (χ3v) is 2.80. The summed E-state index contributed by atoms with van der Waals surface area (Å²) in [5, 5.41) is 8.90. The predicted octanol–water partition coefficient (Wildman–Crippen LogP) is 2.64. The third kappa shape index (κ3) is 2.98. The van der Waals surface area contributed by atoms with Crippen LogP contribution in [0.3, 0.4) is 0 Å². The summed E-state index contributed by atoms with van der Waals surface area (Å²) in [6.45, 7) is 1.78. The van der Waals surface area contributed by atoms with Gasteiger partial charge in [0.1, 0.15) is 23.2 Å². The molecule has 2 heterocycles. The van der Waals surface area contributed by atoms with E-state index in [-0.39, 0.29) is 16.8 Å². The van der Waals surface area contributed by atoms with Crippen LogP contribution in [0.1, 0.15) is 18.5 Å². The van der Waals surface area contributed by atoms with Gasteiger partial charge in [-0.1, -0.05) is 18.5 Å². The Bertz CT molecular complexity index is 646. The molecule has 1 atom stereocenters. The van der Waals surface area contributed by atoms with Crippen molar-refractivity contribution in [2.75, 3.05) is 0 Å². The summed E-state index contributed by atoms with van der Waals surface area (Å²) in [5.41, 5.74) is 0.807. The lowest BCUT2D eigenvalue weighted by Crippen LogP contribution is -2.00. The van der Waals surface area contributed by atoms with Crippen molar-refractivity contribution in [3.05, 3.63) is 35.1 Å². The minimum Gasteiger partial charge on any atom is -0.441 e. The topological polar surface area (TPSA) is 79.8 Å². The molecule has 0 saturated carbocycles. The number of carbonyl (C=O) groups excluding carboxylic acids is 1. The van der Waals surface area contributed by atoms with Crippen molar-refractivity contribution < 1.29 is 9.21 Å². The van der Waals surface area contributed by atoms with Gasteiger partial charge in [0.15, 0.2) is 11.7 Å². The van der Waals surface area contributed by atoms with E-state index in [1.165, 1.54) is 6.20 Å². The van der Waals surface area contributed by atoms with E-state index in [1.807, 2.05) is 6.07 Å². The number of hydrogen-bond donors (Lipinski definition) is 0. The molecule has 6 heteroatoms. The molecular weight excluding hydrogens is 266 g/mol. The van der Waals surface area contributed by atoms with E-state index in [0.717, 1.165) is 6.29 Å². The monoisotopic (exact) mass is 275 g/mol. The Morgan fingerprint density at radius 1 is 1.58 bits per heavy atom. The van der Waals surface area contributed by atoms with Crippen molar-refractivity contribution in [2.24, 2.45) is 5.92 Å². The molecular formula is C13H10ClN3O2. The number of oxazole rings is 1. The van der Waals surface area contributed by atoms with Gasteiger partial charge in [0.2, 0.25) is 0 Å². The maximum Gasteiger partial charge on any atom is 0.195 e. The van der Waals surface area contributed by atoms with Crippen LogP contribution in [0, 0.1) is 17.2 Å². The molecule has 2 aromatic rings. The lowest BCUT2D eigenvalue weighted by molar-refractivity contribution is -0.110. The van der Waals surface area contributed by atoms with Gasteiger partial charge in [0.05, 0.1) is 11.8 Å². The smallest absolute Gasteiger partial charge is 0.195 e. The summed E-state index contributed by atoms with van der Waals surface area (Å²) in [7, 11) is 0. The Morgan fingerprint density at radius 3 is 3.00 bits per heavy atom. The second-order valence-corrected chi connectivity index (χ2v) is 4.44. The van der Waals surface area contributed by atoms with Crippen molar-refractivity contribution in [1.82, 2.24) is 9.97 Å². The molecule has 0 radical (unpaired) electrons. The fourth-order valence-corrected chi connectivity index (χ4v) is 1.78. The van der Waals surface area contributed by atoms with E-state index in [9.17, 15) is 4.79 Å². The molecule has 2 rings (SSSR count). The average Bonchev–Trinajstić information content (AvgIpc) is 2.86. The first-order chi connectivity index (χ1) is 9.13. The average molecular weight is 276 g/mol. The van der Waals surface area contributed by atoms with Crippen molar-refractivity contribution in [3.63, 3.8) is 0 Å². The predicted molar refractivity (Wildman–Crippen MR) is 68.4 cm³/mol. The molecule has 5 nitrogen and oxygen atoms in total. The van der Waals surface area contributed by atoms with Gasteiger partial charge in [-0.15, -0.1) is 0 Å². The van der Waals surface area contributed by atoms with Crippen LogP contribution in [0.25, 0.3) is 11.3 Å². The molecule has 0 aliphatic rings. The van der Waals surface area contributed by atoms with E-state index in [4.69, 9.17) is 21.3 Å².